The summed E-state index contributed by atoms with van der Waals surface area (Å²) < 4.78 is 6.01. The number of hydrogen-bond acceptors (Lipinski definition) is 1. The molecule has 0 fully saturated rings. The van der Waals surface area contributed by atoms with Gasteiger partial charge in [-0.2, -0.15) is 0 Å². The third-order valence-electron chi connectivity index (χ3n) is 2.63. The molecule has 0 saturated carbocycles. The molecule has 0 aromatic heterocycles. The van der Waals surface area contributed by atoms with Crippen molar-refractivity contribution >= 4 is 24.0 Å². The molecule has 2 aromatic rings. The van der Waals surface area contributed by atoms with Gasteiger partial charge in [-0.1, -0.05) is 59.7 Å². The Morgan fingerprint density at radius 1 is 1.04 bits per heavy atom. The lowest BCUT2D eigenvalue weighted by molar-refractivity contribution is 0.414. The normalized spacial score (nSPS) is 9.04. The van der Waals surface area contributed by atoms with E-state index >= 15 is 0 Å². The smallest absolute Gasteiger partial charge is 0.129 e. The molecule has 0 aliphatic heterocycles. The van der Waals surface area contributed by atoms with Crippen LogP contribution in [0.5, 0.6) is 5.75 Å². The third-order valence-corrected chi connectivity index (χ3v) is 4.00. The van der Waals surface area contributed by atoms with E-state index in [0.29, 0.717) is 0 Å². The van der Waals surface area contributed by atoms with Crippen LogP contribution in [0.25, 0.3) is 0 Å². The van der Waals surface area contributed by atoms with Crippen molar-refractivity contribution in [1.82, 2.24) is 0 Å². The molecule has 0 unspecified atom stereocenters. The van der Waals surface area contributed by atoms with Crippen LogP contribution in [0.2, 0.25) is 19.6 Å². The second-order valence-corrected chi connectivity index (χ2v) is 12.0. The summed E-state index contributed by atoms with van der Waals surface area (Å²) in [6, 6.07) is 16.1. The van der Waals surface area contributed by atoms with Gasteiger partial charge in [0.25, 0.3) is 0 Å². The van der Waals surface area contributed by atoms with Crippen molar-refractivity contribution in [3.8, 4) is 29.6 Å². The van der Waals surface area contributed by atoms with E-state index in [1.165, 1.54) is 5.56 Å². The van der Waals surface area contributed by atoms with Crippen molar-refractivity contribution in [2.45, 2.75) is 33.5 Å². The van der Waals surface area contributed by atoms with Crippen LogP contribution in [0.4, 0.5) is 0 Å². The van der Waals surface area contributed by atoms with Gasteiger partial charge in [-0.05, 0) is 49.7 Å². The number of methoxy groups -OCH3 is 1. The monoisotopic (exact) mass is 414 g/mol. The maximum absolute atomic E-state index is 4.96. The highest BCUT2D eigenvalue weighted by Crippen LogP contribution is 2.16. The quantitative estimate of drug-likeness (QED) is 0.391. The molecule has 0 atom stereocenters. The molecule has 2 rings (SSSR count). The largest absolute Gasteiger partial charge is 0.497 e. The van der Waals surface area contributed by atoms with Crippen molar-refractivity contribution in [2.75, 3.05) is 7.11 Å². The number of halogens is 1. The zero-order valence-electron chi connectivity index (χ0n) is 16.0. The summed E-state index contributed by atoms with van der Waals surface area (Å²) in [6.45, 7) is 10.5. The highest BCUT2D eigenvalue weighted by molar-refractivity contribution is 9.10. The van der Waals surface area contributed by atoms with Crippen LogP contribution in [-0.2, 0) is 0 Å². The first-order valence-corrected chi connectivity index (χ1v) is 12.3. The summed E-state index contributed by atoms with van der Waals surface area (Å²) in [4.78, 5) is 0. The molecule has 0 spiro atoms. The number of rotatable bonds is 1. The van der Waals surface area contributed by atoms with Crippen molar-refractivity contribution in [1.29, 1.82) is 0 Å². The van der Waals surface area contributed by atoms with E-state index in [9.17, 15) is 0 Å². The fourth-order valence-electron chi connectivity index (χ4n) is 1.58. The second-order valence-electron chi connectivity index (χ2n) is 6.32. The van der Waals surface area contributed by atoms with Gasteiger partial charge >= 0.3 is 0 Å². The van der Waals surface area contributed by atoms with Crippen LogP contribution < -0.4 is 4.74 Å². The molecule has 2 aromatic carbocycles. The van der Waals surface area contributed by atoms with E-state index in [0.717, 1.165) is 15.8 Å². The molecule has 132 valence electrons. The van der Waals surface area contributed by atoms with Gasteiger partial charge in [0.2, 0.25) is 0 Å². The van der Waals surface area contributed by atoms with Crippen molar-refractivity contribution in [3.63, 3.8) is 0 Å². The zero-order valence-corrected chi connectivity index (χ0v) is 18.6. The van der Waals surface area contributed by atoms with E-state index in [1.54, 1.807) is 14.0 Å². The van der Waals surface area contributed by atoms with Crippen LogP contribution in [0, 0.1) is 30.7 Å². The molecule has 0 radical (unpaired) electrons. The Labute approximate surface area is 163 Å². The summed E-state index contributed by atoms with van der Waals surface area (Å²) in [5.41, 5.74) is 5.78. The number of ether oxygens (including phenoxy) is 1. The average molecular weight is 415 g/mol. The molecule has 25 heavy (non-hydrogen) atoms. The van der Waals surface area contributed by atoms with Crippen molar-refractivity contribution in [3.05, 3.63) is 64.1 Å². The minimum atomic E-state index is -1.22. The zero-order chi connectivity index (χ0) is 19.3. The van der Waals surface area contributed by atoms with Gasteiger partial charge in [-0.15, -0.1) is 17.9 Å². The highest BCUT2D eigenvalue weighted by atomic mass is 79.9. The standard InChI is InChI=1S/C12H16Si.C7H7BrO.C3H4/c1-11-6-5-7-12(10-11)8-9-13(2,3)4;1-9-7-4-2-3-6(8)5-7;1-3-2/h5-7,10H,1-4H3;2-5H,1H3;1H,2H3. The fourth-order valence-corrected chi connectivity index (χ4v) is 2.47. The summed E-state index contributed by atoms with van der Waals surface area (Å²) >= 11 is 3.32. The Hall–Kier alpha value is -1.94. The maximum atomic E-state index is 4.96. The highest BCUT2D eigenvalue weighted by Gasteiger charge is 2.07. The summed E-state index contributed by atoms with van der Waals surface area (Å²) in [7, 11) is 0.436. The van der Waals surface area contributed by atoms with Gasteiger partial charge in [-0.25, -0.2) is 0 Å². The van der Waals surface area contributed by atoms with Crippen LogP contribution in [0.1, 0.15) is 18.1 Å². The maximum Gasteiger partial charge on any atom is 0.129 e. The number of aryl methyl sites for hydroxylation is 1. The van der Waals surface area contributed by atoms with E-state index in [-0.39, 0.29) is 0 Å². The lowest BCUT2D eigenvalue weighted by Crippen LogP contribution is -2.16. The molecule has 0 aliphatic rings. The Morgan fingerprint density at radius 2 is 1.64 bits per heavy atom. The number of hydrogen-bond donors (Lipinski definition) is 0. The lowest BCUT2D eigenvalue weighted by Gasteiger charge is -2.03. The molecule has 0 amide bonds. The van der Waals surface area contributed by atoms with E-state index in [4.69, 9.17) is 4.74 Å². The van der Waals surface area contributed by atoms with Crippen LogP contribution >= 0.6 is 15.9 Å². The Morgan fingerprint density at radius 3 is 2.08 bits per heavy atom. The van der Waals surface area contributed by atoms with E-state index in [1.807, 2.05) is 24.3 Å². The van der Waals surface area contributed by atoms with Crippen LogP contribution in [0.15, 0.2) is 53.0 Å². The average Bonchev–Trinajstić information content (AvgIpc) is 2.54. The van der Waals surface area contributed by atoms with Crippen molar-refractivity contribution < 1.29 is 4.74 Å². The minimum Gasteiger partial charge on any atom is -0.497 e. The van der Waals surface area contributed by atoms with Crippen LogP contribution in [0.3, 0.4) is 0 Å². The summed E-state index contributed by atoms with van der Waals surface area (Å²) in [5, 5.41) is 0. The Bertz CT molecular complexity index is 743. The fraction of sp³-hybridized carbons (Fsp3) is 0.273. The Balaban J connectivity index is 0.000000417. The van der Waals surface area contributed by atoms with Gasteiger partial charge in [0.05, 0.1) is 7.11 Å². The predicted molar refractivity (Wildman–Crippen MR) is 117 cm³/mol. The van der Waals surface area contributed by atoms with E-state index in [2.05, 4.69) is 90.6 Å². The molecule has 0 heterocycles. The predicted octanol–water partition coefficient (Wildman–Crippen LogP) is 6.32. The molecular formula is C22H27BrOSi. The number of benzene rings is 2. The summed E-state index contributed by atoms with van der Waals surface area (Å²) in [6.07, 6.45) is 4.60. The molecule has 0 N–H and O–H groups in total. The van der Waals surface area contributed by atoms with E-state index < -0.39 is 8.07 Å². The lowest BCUT2D eigenvalue weighted by atomic mass is 10.1. The second kappa shape index (κ2) is 12.4. The molecule has 1 nitrogen and oxygen atoms in total. The van der Waals surface area contributed by atoms with Gasteiger partial charge in [0.15, 0.2) is 0 Å². The van der Waals surface area contributed by atoms with Gasteiger partial charge in [-0.3, -0.25) is 0 Å². The molecule has 0 bridgehead atoms. The third kappa shape index (κ3) is 13.1. The first kappa shape index (κ1) is 23.1. The minimum absolute atomic E-state index is 0.879. The number of terminal acetylenes is 1. The molecule has 0 saturated heterocycles. The van der Waals surface area contributed by atoms with Gasteiger partial charge in [0, 0.05) is 10.0 Å². The SMILES string of the molecule is C#CC.COc1cccc(Br)c1.Cc1cccc(C#C[Si](C)(C)C)c1. The summed E-state index contributed by atoms with van der Waals surface area (Å²) in [5.74, 6) is 6.37. The van der Waals surface area contributed by atoms with Crippen LogP contribution in [-0.4, -0.2) is 15.2 Å². The first-order chi connectivity index (χ1) is 11.7. The Kier molecular flexibility index (Phi) is 11.5. The van der Waals surface area contributed by atoms with Crippen molar-refractivity contribution in [2.24, 2.45) is 0 Å². The first-order valence-electron chi connectivity index (χ1n) is 7.98. The molecule has 3 heteroatoms. The van der Waals surface area contributed by atoms with Gasteiger partial charge in [0.1, 0.15) is 13.8 Å². The molecule has 0 aliphatic carbocycles. The molecular weight excluding hydrogens is 388 g/mol. The van der Waals surface area contributed by atoms with Gasteiger partial charge < -0.3 is 4.74 Å². The topological polar surface area (TPSA) is 9.23 Å².